The van der Waals surface area contributed by atoms with Crippen LogP contribution < -0.4 is 15.4 Å². The van der Waals surface area contributed by atoms with E-state index in [4.69, 9.17) is 9.15 Å². The maximum Gasteiger partial charge on any atom is 0.255 e. The number of nitrogens with one attached hydrogen (secondary N) is 2. The van der Waals surface area contributed by atoms with E-state index in [0.29, 0.717) is 41.3 Å². The Kier molecular flexibility index (Phi) is 5.99. The van der Waals surface area contributed by atoms with Crippen LogP contribution in [0.2, 0.25) is 0 Å². The summed E-state index contributed by atoms with van der Waals surface area (Å²) in [6.07, 6.45) is 2.58. The van der Waals surface area contributed by atoms with Gasteiger partial charge in [0.15, 0.2) is 5.78 Å². The van der Waals surface area contributed by atoms with Crippen LogP contribution in [0.3, 0.4) is 0 Å². The van der Waals surface area contributed by atoms with Crippen molar-refractivity contribution < 1.29 is 18.7 Å². The van der Waals surface area contributed by atoms with Crippen molar-refractivity contribution in [2.75, 3.05) is 12.4 Å². The molecule has 7 heteroatoms. The smallest absolute Gasteiger partial charge is 0.255 e. The largest absolute Gasteiger partial charge is 0.497 e. The Labute approximate surface area is 203 Å². The first-order valence-electron chi connectivity index (χ1n) is 11.6. The predicted molar refractivity (Wildman–Crippen MR) is 132 cm³/mol. The molecule has 2 atom stereocenters. The number of amides is 1. The maximum absolute atomic E-state index is 13.6. The second-order valence-electron chi connectivity index (χ2n) is 8.93. The first kappa shape index (κ1) is 22.7. The minimum absolute atomic E-state index is 0.000509. The minimum atomic E-state index is -0.531. The molecule has 3 heterocycles. The van der Waals surface area contributed by atoms with Crippen molar-refractivity contribution >= 4 is 17.5 Å². The molecule has 178 valence electrons. The first-order valence-corrected chi connectivity index (χ1v) is 11.6. The molecule has 0 saturated heterocycles. The number of dihydropyridines is 1. The summed E-state index contributed by atoms with van der Waals surface area (Å²) in [6.45, 7) is 3.74. The number of aryl methyl sites for hydroxylation is 1. The molecule has 0 fully saturated rings. The van der Waals surface area contributed by atoms with Crippen LogP contribution in [0.25, 0.3) is 0 Å². The highest BCUT2D eigenvalue weighted by molar-refractivity contribution is 6.09. The summed E-state index contributed by atoms with van der Waals surface area (Å²) in [5, 5.41) is 6.31. The van der Waals surface area contributed by atoms with Gasteiger partial charge >= 0.3 is 0 Å². The Hall–Kier alpha value is -4.13. The average Bonchev–Trinajstić information content (AvgIpc) is 3.38. The summed E-state index contributed by atoms with van der Waals surface area (Å²) in [4.78, 5) is 31.7. The first-order chi connectivity index (χ1) is 16.9. The summed E-state index contributed by atoms with van der Waals surface area (Å²) in [6, 6.07) is 16.8. The molecule has 0 spiro atoms. The quantitative estimate of drug-likeness (QED) is 0.547. The van der Waals surface area contributed by atoms with Gasteiger partial charge in [0.05, 0.1) is 13.4 Å². The number of carbonyl (C=O) groups is 2. The Bertz CT molecular complexity index is 1350. The molecule has 2 N–H and O–H groups in total. The van der Waals surface area contributed by atoms with Crippen LogP contribution in [-0.2, 0) is 9.59 Å². The van der Waals surface area contributed by atoms with Gasteiger partial charge in [-0.2, -0.15) is 0 Å². The van der Waals surface area contributed by atoms with E-state index in [1.54, 1.807) is 19.4 Å². The summed E-state index contributed by atoms with van der Waals surface area (Å²) in [5.41, 5.74) is 4.27. The lowest BCUT2D eigenvalue weighted by Crippen LogP contribution is -2.37. The van der Waals surface area contributed by atoms with E-state index in [0.717, 1.165) is 22.7 Å². The Morgan fingerprint density at radius 1 is 1.11 bits per heavy atom. The monoisotopic (exact) mass is 469 g/mol. The predicted octanol–water partition coefficient (Wildman–Crippen LogP) is 4.99. The summed E-state index contributed by atoms with van der Waals surface area (Å²) >= 11 is 0. The molecular weight excluding hydrogens is 442 g/mol. The Morgan fingerprint density at radius 3 is 2.69 bits per heavy atom. The molecule has 3 aromatic rings. The average molecular weight is 470 g/mol. The molecular formula is C28H27N3O4. The fourth-order valence-electron chi connectivity index (χ4n) is 5.02. The molecule has 2 aromatic heterocycles. The number of ether oxygens (including phenoxy) is 1. The third kappa shape index (κ3) is 4.37. The van der Waals surface area contributed by atoms with Crippen molar-refractivity contribution in [2.45, 2.75) is 38.5 Å². The highest BCUT2D eigenvalue weighted by atomic mass is 16.5. The van der Waals surface area contributed by atoms with Crippen LogP contribution in [0, 0.1) is 6.92 Å². The lowest BCUT2D eigenvalue weighted by Gasteiger charge is -2.36. The fraction of sp³-hybridized carbons (Fsp3) is 0.250. The number of anilines is 1. The van der Waals surface area contributed by atoms with E-state index in [-0.39, 0.29) is 17.6 Å². The number of rotatable bonds is 5. The van der Waals surface area contributed by atoms with Gasteiger partial charge in [-0.1, -0.05) is 18.2 Å². The van der Waals surface area contributed by atoms with E-state index >= 15 is 0 Å². The van der Waals surface area contributed by atoms with Gasteiger partial charge in [0.2, 0.25) is 0 Å². The number of Topliss-reactive ketones (excluding diaryl/α,β-unsaturated/α-hetero) is 1. The number of methoxy groups -OCH3 is 1. The van der Waals surface area contributed by atoms with Gasteiger partial charge in [-0.05, 0) is 62.2 Å². The molecule has 0 radical (unpaired) electrons. The number of hydrogen-bond donors (Lipinski definition) is 2. The molecule has 0 saturated carbocycles. The highest BCUT2D eigenvalue weighted by Gasteiger charge is 2.41. The van der Waals surface area contributed by atoms with Crippen LogP contribution in [-0.4, -0.2) is 23.8 Å². The molecule has 1 amide bonds. The molecule has 0 unspecified atom stereocenters. The number of pyridine rings is 1. The third-order valence-corrected chi connectivity index (χ3v) is 6.57. The number of aromatic nitrogens is 1. The van der Waals surface area contributed by atoms with Gasteiger partial charge in [-0.15, -0.1) is 0 Å². The van der Waals surface area contributed by atoms with Crippen LogP contribution in [0.5, 0.6) is 5.75 Å². The molecule has 0 bridgehead atoms. The number of nitrogens with zero attached hydrogens (tertiary/aromatic N) is 1. The summed E-state index contributed by atoms with van der Waals surface area (Å²) in [7, 11) is 1.60. The van der Waals surface area contributed by atoms with Gasteiger partial charge in [-0.25, -0.2) is 4.98 Å². The second kappa shape index (κ2) is 9.25. The molecule has 5 rings (SSSR count). The molecule has 35 heavy (non-hydrogen) atoms. The highest BCUT2D eigenvalue weighted by Crippen LogP contribution is 2.46. The van der Waals surface area contributed by atoms with Crippen molar-refractivity contribution in [2.24, 2.45) is 0 Å². The minimum Gasteiger partial charge on any atom is -0.497 e. The van der Waals surface area contributed by atoms with Gasteiger partial charge in [0, 0.05) is 46.5 Å². The fourth-order valence-corrected chi connectivity index (χ4v) is 5.02. The summed E-state index contributed by atoms with van der Waals surface area (Å²) < 4.78 is 11.1. The SMILES string of the molecule is COc1cccc([C@@H]2C(C(=O)Nc3cccc(C)n3)=C(C)NC3=C2C(=O)C[C@@H](c2ccco2)C3)c1. The van der Waals surface area contributed by atoms with Crippen molar-refractivity contribution in [3.05, 3.63) is 100 Å². The topological polar surface area (TPSA) is 93.5 Å². The van der Waals surface area contributed by atoms with E-state index in [2.05, 4.69) is 15.6 Å². The van der Waals surface area contributed by atoms with Crippen LogP contribution in [0.1, 0.15) is 48.6 Å². The number of allylic oxidation sites excluding steroid dienone is 3. The van der Waals surface area contributed by atoms with E-state index in [9.17, 15) is 9.59 Å². The lowest BCUT2D eigenvalue weighted by molar-refractivity contribution is -0.116. The number of furan rings is 1. The van der Waals surface area contributed by atoms with Crippen molar-refractivity contribution in [1.82, 2.24) is 10.3 Å². The van der Waals surface area contributed by atoms with Crippen molar-refractivity contribution in [3.8, 4) is 5.75 Å². The molecule has 1 aliphatic carbocycles. The van der Waals surface area contributed by atoms with Gasteiger partial charge in [0.25, 0.3) is 5.91 Å². The number of carbonyl (C=O) groups excluding carboxylic acids is 2. The zero-order valence-electron chi connectivity index (χ0n) is 19.9. The maximum atomic E-state index is 13.6. The number of hydrogen-bond acceptors (Lipinski definition) is 6. The van der Waals surface area contributed by atoms with Crippen molar-refractivity contribution in [3.63, 3.8) is 0 Å². The van der Waals surface area contributed by atoms with Crippen molar-refractivity contribution in [1.29, 1.82) is 0 Å². The molecule has 1 aliphatic heterocycles. The molecule has 7 nitrogen and oxygen atoms in total. The summed E-state index contributed by atoms with van der Waals surface area (Å²) in [5.74, 6) is 1.05. The number of benzene rings is 1. The Balaban J connectivity index is 1.58. The van der Waals surface area contributed by atoms with Gasteiger partial charge in [0.1, 0.15) is 17.3 Å². The normalized spacial score (nSPS) is 19.8. The Morgan fingerprint density at radius 2 is 1.94 bits per heavy atom. The van der Waals surface area contributed by atoms with Crippen LogP contribution in [0.15, 0.2) is 87.8 Å². The van der Waals surface area contributed by atoms with E-state index in [1.165, 1.54) is 0 Å². The van der Waals surface area contributed by atoms with Gasteiger partial charge < -0.3 is 19.8 Å². The molecule has 2 aliphatic rings. The zero-order valence-corrected chi connectivity index (χ0v) is 19.9. The second-order valence-corrected chi connectivity index (χ2v) is 8.93. The van der Waals surface area contributed by atoms with Gasteiger partial charge in [-0.3, -0.25) is 9.59 Å². The third-order valence-electron chi connectivity index (χ3n) is 6.57. The van der Waals surface area contributed by atoms with E-state index in [1.807, 2.05) is 62.4 Å². The van der Waals surface area contributed by atoms with E-state index < -0.39 is 5.92 Å². The number of ketones is 1. The van der Waals surface area contributed by atoms with Crippen LogP contribution >= 0.6 is 0 Å². The lowest BCUT2D eigenvalue weighted by atomic mass is 9.72. The zero-order chi connectivity index (χ0) is 24.5. The van der Waals surface area contributed by atoms with Crippen LogP contribution in [0.4, 0.5) is 5.82 Å². The standard InChI is InChI=1S/C28H27N3O4/c1-16-7-4-11-24(29-16)31-28(33)25-17(2)30-21-14-19(23-10-6-12-35-23)15-22(32)27(21)26(25)18-8-5-9-20(13-18)34-3/h4-13,19,26,30H,14-15H2,1-3H3,(H,29,31,33)/t19-,26+/m0/s1. The molecule has 1 aromatic carbocycles.